The minimum Gasteiger partial charge on any atom is -0.381 e. The number of ether oxygens (including phenoxy) is 1. The van der Waals surface area contributed by atoms with E-state index in [0.717, 1.165) is 19.6 Å². The second-order valence-corrected chi connectivity index (χ2v) is 6.96. The highest BCUT2D eigenvalue weighted by molar-refractivity contribution is 5.24. The van der Waals surface area contributed by atoms with E-state index >= 15 is 0 Å². The molecule has 2 aliphatic rings. The van der Waals surface area contributed by atoms with E-state index in [9.17, 15) is 0 Å². The third-order valence-electron chi connectivity index (χ3n) is 5.35. The summed E-state index contributed by atoms with van der Waals surface area (Å²) in [7, 11) is 0. The topological polar surface area (TPSA) is 25.4 Å². The third kappa shape index (κ3) is 3.52. The molecule has 2 fully saturated rings. The van der Waals surface area contributed by atoms with Gasteiger partial charge in [0.2, 0.25) is 0 Å². The van der Waals surface area contributed by atoms with Crippen LogP contribution in [-0.2, 0) is 11.2 Å². The Balaban J connectivity index is 1.51. The van der Waals surface area contributed by atoms with Crippen molar-refractivity contribution in [2.24, 2.45) is 0 Å². The number of likely N-dealkylation sites (tertiary alicyclic amines) is 1. The van der Waals surface area contributed by atoms with Gasteiger partial charge in [-0.1, -0.05) is 36.4 Å². The Hall–Kier alpha value is -1.71. The molecule has 1 aromatic carbocycles. The van der Waals surface area contributed by atoms with Gasteiger partial charge in [0.1, 0.15) is 0 Å². The molecule has 0 amide bonds. The van der Waals surface area contributed by atoms with Crippen LogP contribution in [0.4, 0.5) is 0 Å². The zero-order chi connectivity index (χ0) is 16.2. The number of pyridine rings is 1. The fraction of sp³-hybridized carbons (Fsp3) is 0.476. The van der Waals surface area contributed by atoms with Gasteiger partial charge in [-0.05, 0) is 49.9 Å². The minimum atomic E-state index is 0.490. The molecule has 0 unspecified atom stereocenters. The first-order valence-corrected chi connectivity index (χ1v) is 9.23. The van der Waals surface area contributed by atoms with Gasteiger partial charge in [-0.2, -0.15) is 0 Å². The van der Waals surface area contributed by atoms with Crippen LogP contribution >= 0.6 is 0 Å². The Bertz CT molecular complexity index is 652. The van der Waals surface area contributed by atoms with Crippen molar-refractivity contribution in [2.75, 3.05) is 19.8 Å². The van der Waals surface area contributed by atoms with E-state index in [0.29, 0.717) is 12.1 Å². The Kier molecular flexibility index (Phi) is 4.91. The predicted molar refractivity (Wildman–Crippen MR) is 96.0 cm³/mol. The van der Waals surface area contributed by atoms with Crippen molar-refractivity contribution in [3.8, 4) is 0 Å². The van der Waals surface area contributed by atoms with Gasteiger partial charge in [0.15, 0.2) is 0 Å². The second-order valence-electron chi connectivity index (χ2n) is 6.96. The molecule has 0 radical (unpaired) electrons. The fourth-order valence-corrected chi connectivity index (χ4v) is 4.15. The van der Waals surface area contributed by atoms with E-state index < -0.39 is 0 Å². The molecule has 2 aromatic rings. The van der Waals surface area contributed by atoms with Gasteiger partial charge in [0.05, 0.1) is 11.7 Å². The molecule has 3 heteroatoms. The summed E-state index contributed by atoms with van der Waals surface area (Å²) in [6.45, 7) is 3.03. The zero-order valence-corrected chi connectivity index (χ0v) is 14.2. The van der Waals surface area contributed by atoms with Crippen molar-refractivity contribution in [3.05, 3.63) is 65.5 Å². The summed E-state index contributed by atoms with van der Waals surface area (Å²) in [5, 5.41) is 0. The number of nitrogens with zero attached hydrogens (tertiary/aromatic N) is 2. The third-order valence-corrected chi connectivity index (χ3v) is 5.35. The van der Waals surface area contributed by atoms with E-state index in [1.54, 1.807) is 0 Å². The van der Waals surface area contributed by atoms with Crippen LogP contribution in [0.25, 0.3) is 0 Å². The SMILES string of the molecule is c1ccc(Cc2cccc([C@@H]3CCCN3C3CCOCC3)n2)cc1. The average molecular weight is 322 g/mol. The van der Waals surface area contributed by atoms with E-state index in [-0.39, 0.29) is 0 Å². The summed E-state index contributed by atoms with van der Waals surface area (Å²) >= 11 is 0. The van der Waals surface area contributed by atoms with Crippen molar-refractivity contribution in [1.29, 1.82) is 0 Å². The van der Waals surface area contributed by atoms with Gasteiger partial charge >= 0.3 is 0 Å². The van der Waals surface area contributed by atoms with Crippen LogP contribution in [-0.4, -0.2) is 35.7 Å². The molecule has 0 saturated carbocycles. The molecule has 2 saturated heterocycles. The number of benzene rings is 1. The molecule has 0 N–H and O–H groups in total. The monoisotopic (exact) mass is 322 g/mol. The molecule has 0 spiro atoms. The van der Waals surface area contributed by atoms with Crippen molar-refractivity contribution in [3.63, 3.8) is 0 Å². The van der Waals surface area contributed by atoms with Crippen LogP contribution in [0.5, 0.6) is 0 Å². The lowest BCUT2D eigenvalue weighted by Gasteiger charge is -2.35. The van der Waals surface area contributed by atoms with Crippen LogP contribution < -0.4 is 0 Å². The average Bonchev–Trinajstić information content (AvgIpc) is 3.13. The van der Waals surface area contributed by atoms with Crippen molar-refractivity contribution >= 4 is 0 Å². The minimum absolute atomic E-state index is 0.490. The summed E-state index contributed by atoms with van der Waals surface area (Å²) in [6, 6.07) is 18.3. The standard InChI is InChI=1S/C21H26N2O/c1-2-6-17(7-3-1)16-18-8-4-9-20(22-18)21-10-5-13-23(21)19-11-14-24-15-12-19/h1-4,6-9,19,21H,5,10-16H2/t21-/m0/s1. The van der Waals surface area contributed by atoms with Gasteiger partial charge in [0.25, 0.3) is 0 Å². The molecule has 0 aliphatic carbocycles. The van der Waals surface area contributed by atoms with E-state index in [1.807, 2.05) is 0 Å². The molecule has 3 nitrogen and oxygen atoms in total. The van der Waals surface area contributed by atoms with E-state index in [4.69, 9.17) is 9.72 Å². The normalized spacial score (nSPS) is 22.8. The molecular weight excluding hydrogens is 296 g/mol. The first-order chi connectivity index (χ1) is 11.9. The maximum absolute atomic E-state index is 5.54. The van der Waals surface area contributed by atoms with E-state index in [1.165, 1.54) is 49.2 Å². The molecule has 1 atom stereocenters. The molecule has 0 bridgehead atoms. The summed E-state index contributed by atoms with van der Waals surface area (Å²) in [5.41, 5.74) is 3.76. The maximum Gasteiger partial charge on any atom is 0.0578 e. The lowest BCUT2D eigenvalue weighted by molar-refractivity contribution is 0.0285. The molecule has 2 aliphatic heterocycles. The predicted octanol–water partition coefficient (Wildman–Crippen LogP) is 3.99. The summed E-state index contributed by atoms with van der Waals surface area (Å²) in [6.07, 6.45) is 5.77. The van der Waals surface area contributed by atoms with Crippen LogP contribution in [0.15, 0.2) is 48.5 Å². The van der Waals surface area contributed by atoms with E-state index in [2.05, 4.69) is 53.4 Å². The van der Waals surface area contributed by atoms with Gasteiger partial charge in [-0.3, -0.25) is 9.88 Å². The summed E-state index contributed by atoms with van der Waals surface area (Å²) < 4.78 is 5.54. The highest BCUT2D eigenvalue weighted by Gasteiger charge is 2.33. The largest absolute Gasteiger partial charge is 0.381 e. The number of rotatable bonds is 4. The van der Waals surface area contributed by atoms with Gasteiger partial charge in [-0.25, -0.2) is 0 Å². The lowest BCUT2D eigenvalue weighted by atomic mass is 10.0. The highest BCUT2D eigenvalue weighted by Crippen LogP contribution is 2.35. The second kappa shape index (κ2) is 7.45. The quantitative estimate of drug-likeness (QED) is 0.851. The molecule has 3 heterocycles. The number of aromatic nitrogens is 1. The maximum atomic E-state index is 5.54. The van der Waals surface area contributed by atoms with Crippen LogP contribution in [0.2, 0.25) is 0 Å². The lowest BCUT2D eigenvalue weighted by Crippen LogP contribution is -2.39. The molecule has 126 valence electrons. The molecule has 4 rings (SSSR count). The smallest absolute Gasteiger partial charge is 0.0578 e. The van der Waals surface area contributed by atoms with Crippen molar-refractivity contribution < 1.29 is 4.74 Å². The molecular formula is C21H26N2O. The van der Waals surface area contributed by atoms with Crippen molar-refractivity contribution in [2.45, 2.75) is 44.2 Å². The van der Waals surface area contributed by atoms with Gasteiger partial charge < -0.3 is 4.74 Å². The molecule has 1 aromatic heterocycles. The Morgan fingerprint density at radius 3 is 2.62 bits per heavy atom. The summed E-state index contributed by atoms with van der Waals surface area (Å²) in [5.74, 6) is 0. The van der Waals surface area contributed by atoms with Crippen LogP contribution in [0, 0.1) is 0 Å². The van der Waals surface area contributed by atoms with Gasteiger partial charge in [-0.15, -0.1) is 0 Å². The first kappa shape index (κ1) is 15.8. The van der Waals surface area contributed by atoms with Gasteiger partial charge in [0, 0.05) is 31.4 Å². The van der Waals surface area contributed by atoms with Crippen molar-refractivity contribution in [1.82, 2.24) is 9.88 Å². The zero-order valence-electron chi connectivity index (χ0n) is 14.2. The van der Waals surface area contributed by atoms with Crippen LogP contribution in [0.1, 0.15) is 48.7 Å². The fourth-order valence-electron chi connectivity index (χ4n) is 4.15. The Morgan fingerprint density at radius 1 is 0.958 bits per heavy atom. The van der Waals surface area contributed by atoms with Crippen LogP contribution in [0.3, 0.4) is 0 Å². The molecule has 24 heavy (non-hydrogen) atoms. The first-order valence-electron chi connectivity index (χ1n) is 9.23. The Morgan fingerprint density at radius 2 is 1.79 bits per heavy atom. The number of hydrogen-bond acceptors (Lipinski definition) is 3. The summed E-state index contributed by atoms with van der Waals surface area (Å²) in [4.78, 5) is 7.71. The highest BCUT2D eigenvalue weighted by atomic mass is 16.5. The number of hydrogen-bond donors (Lipinski definition) is 0. The Labute approximate surface area is 144 Å².